The maximum atomic E-state index is 12.7. The molecule has 1 aliphatic rings. The van der Waals surface area contributed by atoms with Gasteiger partial charge in [-0.2, -0.15) is 0 Å². The number of carbonyl (C=O) groups excluding carboxylic acids is 1. The Morgan fingerprint density at radius 3 is 2.71 bits per heavy atom. The highest BCUT2D eigenvalue weighted by atomic mass is 35.5. The van der Waals surface area contributed by atoms with Gasteiger partial charge in [0.05, 0.1) is 6.04 Å². The van der Waals surface area contributed by atoms with E-state index in [1.165, 1.54) is 33.8 Å². The summed E-state index contributed by atoms with van der Waals surface area (Å²) in [4.78, 5) is 14.1. The predicted octanol–water partition coefficient (Wildman–Crippen LogP) is 6.26. The van der Waals surface area contributed by atoms with Crippen LogP contribution < -0.4 is 10.6 Å². The third-order valence-corrected chi connectivity index (χ3v) is 7.06. The van der Waals surface area contributed by atoms with Gasteiger partial charge in [-0.25, -0.2) is 4.79 Å². The average Bonchev–Trinajstić information content (AvgIpc) is 3.32. The fourth-order valence-electron chi connectivity index (χ4n) is 3.85. The monoisotopic (exact) mass is 413 g/mol. The summed E-state index contributed by atoms with van der Waals surface area (Å²) in [6.07, 6.45) is 8.82. The van der Waals surface area contributed by atoms with Crippen molar-refractivity contribution in [1.82, 2.24) is 9.88 Å². The molecule has 0 aliphatic heterocycles. The minimum absolute atomic E-state index is 0.0880. The Hall–Kier alpha value is -2.24. The van der Waals surface area contributed by atoms with Gasteiger partial charge in [0, 0.05) is 33.5 Å². The summed E-state index contributed by atoms with van der Waals surface area (Å²) in [5.41, 5.74) is 4.27. The number of urea groups is 1. The van der Waals surface area contributed by atoms with Gasteiger partial charge in [-0.1, -0.05) is 17.7 Å². The smallest absolute Gasteiger partial charge is 0.319 e. The SMILES string of the molecule is Cc1c(Cl)cccc1NC(=O)N[C@@H](C)c1c(-n2cccc2)sc2c1CCCC2. The van der Waals surface area contributed by atoms with Crippen LogP contribution in [-0.4, -0.2) is 10.6 Å². The Morgan fingerprint density at radius 2 is 1.93 bits per heavy atom. The molecular weight excluding hydrogens is 390 g/mol. The Labute approximate surface area is 174 Å². The summed E-state index contributed by atoms with van der Waals surface area (Å²) in [5.74, 6) is 0. The number of nitrogens with one attached hydrogen (secondary N) is 2. The first-order chi connectivity index (χ1) is 13.5. The zero-order valence-corrected chi connectivity index (χ0v) is 17.7. The van der Waals surface area contributed by atoms with Crippen LogP contribution in [0.1, 0.15) is 47.4 Å². The van der Waals surface area contributed by atoms with Gasteiger partial charge in [0.25, 0.3) is 0 Å². The molecule has 28 heavy (non-hydrogen) atoms. The lowest BCUT2D eigenvalue weighted by Gasteiger charge is -2.20. The van der Waals surface area contributed by atoms with Crippen molar-refractivity contribution in [2.45, 2.75) is 45.6 Å². The van der Waals surface area contributed by atoms with E-state index in [2.05, 4.69) is 34.5 Å². The standard InChI is InChI=1S/C22H24ClN3OS/c1-14-17(23)9-7-10-18(14)25-22(27)24-15(2)20-16-8-3-4-11-19(16)28-21(20)26-12-5-6-13-26/h5-7,9-10,12-13,15H,3-4,8,11H2,1-2H3,(H2,24,25,27)/t15-/m0/s1. The first-order valence-electron chi connectivity index (χ1n) is 9.65. The highest BCUT2D eigenvalue weighted by Crippen LogP contribution is 2.40. The van der Waals surface area contributed by atoms with Crippen LogP contribution in [0.4, 0.5) is 10.5 Å². The maximum Gasteiger partial charge on any atom is 0.319 e. The molecule has 0 bridgehead atoms. The number of anilines is 1. The summed E-state index contributed by atoms with van der Waals surface area (Å²) in [7, 11) is 0. The van der Waals surface area contributed by atoms with Crippen LogP contribution in [-0.2, 0) is 12.8 Å². The Bertz CT molecular complexity index is 994. The molecule has 0 saturated carbocycles. The molecule has 4 rings (SSSR count). The van der Waals surface area contributed by atoms with Crippen molar-refractivity contribution in [1.29, 1.82) is 0 Å². The van der Waals surface area contributed by atoms with E-state index >= 15 is 0 Å². The van der Waals surface area contributed by atoms with Crippen LogP contribution in [0.3, 0.4) is 0 Å². The molecule has 4 nitrogen and oxygen atoms in total. The van der Waals surface area contributed by atoms with E-state index in [4.69, 9.17) is 11.6 Å². The fourth-order valence-corrected chi connectivity index (χ4v) is 5.48. The van der Waals surface area contributed by atoms with E-state index in [1.54, 1.807) is 0 Å². The van der Waals surface area contributed by atoms with E-state index in [1.807, 2.05) is 48.6 Å². The van der Waals surface area contributed by atoms with Gasteiger partial charge in [0.1, 0.15) is 5.00 Å². The molecule has 1 aliphatic carbocycles. The van der Waals surface area contributed by atoms with Crippen LogP contribution in [0.5, 0.6) is 0 Å². The van der Waals surface area contributed by atoms with E-state index in [9.17, 15) is 4.79 Å². The summed E-state index contributed by atoms with van der Waals surface area (Å²) in [5, 5.41) is 7.93. The van der Waals surface area contributed by atoms with Crippen LogP contribution in [0.25, 0.3) is 5.00 Å². The molecule has 1 aromatic carbocycles. The number of aromatic nitrogens is 1. The van der Waals surface area contributed by atoms with E-state index in [0.29, 0.717) is 5.02 Å². The quantitative estimate of drug-likeness (QED) is 0.520. The van der Waals surface area contributed by atoms with Gasteiger partial charge in [-0.3, -0.25) is 0 Å². The maximum absolute atomic E-state index is 12.7. The van der Waals surface area contributed by atoms with Crippen molar-refractivity contribution in [2.24, 2.45) is 0 Å². The van der Waals surface area contributed by atoms with E-state index < -0.39 is 0 Å². The van der Waals surface area contributed by atoms with Gasteiger partial charge in [-0.15, -0.1) is 11.3 Å². The molecule has 146 valence electrons. The highest BCUT2D eigenvalue weighted by Gasteiger charge is 2.26. The predicted molar refractivity (Wildman–Crippen MR) is 117 cm³/mol. The number of thiophene rings is 1. The van der Waals surface area contributed by atoms with Crippen molar-refractivity contribution >= 4 is 34.7 Å². The Morgan fingerprint density at radius 1 is 1.18 bits per heavy atom. The number of carbonyl (C=O) groups is 1. The van der Waals surface area contributed by atoms with Crippen molar-refractivity contribution in [3.05, 3.63) is 69.3 Å². The first-order valence-corrected chi connectivity index (χ1v) is 10.8. The Kier molecular flexibility index (Phi) is 5.47. The van der Waals surface area contributed by atoms with Crippen LogP contribution >= 0.6 is 22.9 Å². The number of fused-ring (bicyclic) bond motifs is 1. The first kappa shape index (κ1) is 19.1. The highest BCUT2D eigenvalue weighted by molar-refractivity contribution is 7.15. The fraction of sp³-hybridized carbons (Fsp3) is 0.318. The van der Waals surface area contributed by atoms with Crippen LogP contribution in [0, 0.1) is 6.92 Å². The molecular formula is C22H24ClN3OS. The van der Waals surface area contributed by atoms with Crippen molar-refractivity contribution < 1.29 is 4.79 Å². The topological polar surface area (TPSA) is 46.1 Å². The molecule has 1 atom stereocenters. The molecule has 2 N–H and O–H groups in total. The number of halogens is 1. The summed E-state index contributed by atoms with van der Waals surface area (Å²) >= 11 is 8.03. The molecule has 0 saturated heterocycles. The number of rotatable bonds is 4. The molecule has 0 unspecified atom stereocenters. The molecule has 2 aromatic heterocycles. The number of hydrogen-bond donors (Lipinski definition) is 2. The third kappa shape index (κ3) is 3.69. The van der Waals surface area contributed by atoms with Crippen LogP contribution in [0.2, 0.25) is 5.02 Å². The zero-order chi connectivity index (χ0) is 19.7. The minimum atomic E-state index is -0.216. The van der Waals surface area contributed by atoms with Crippen molar-refractivity contribution in [3.63, 3.8) is 0 Å². The zero-order valence-electron chi connectivity index (χ0n) is 16.1. The summed E-state index contributed by atoms with van der Waals surface area (Å²) < 4.78 is 2.16. The van der Waals surface area contributed by atoms with E-state index in [-0.39, 0.29) is 12.1 Å². The molecule has 0 radical (unpaired) electrons. The molecule has 2 amide bonds. The largest absolute Gasteiger partial charge is 0.331 e. The van der Waals surface area contributed by atoms with Gasteiger partial charge in [0.2, 0.25) is 0 Å². The molecule has 0 fully saturated rings. The summed E-state index contributed by atoms with van der Waals surface area (Å²) in [6, 6.07) is 9.30. The number of aryl methyl sites for hydroxylation is 1. The lowest BCUT2D eigenvalue weighted by atomic mass is 9.93. The normalized spacial score (nSPS) is 14.4. The van der Waals surface area contributed by atoms with Gasteiger partial charge >= 0.3 is 6.03 Å². The molecule has 3 aromatic rings. The number of hydrogen-bond acceptors (Lipinski definition) is 2. The minimum Gasteiger partial charge on any atom is -0.331 e. The lowest BCUT2D eigenvalue weighted by Crippen LogP contribution is -2.32. The third-order valence-electron chi connectivity index (χ3n) is 5.33. The second-order valence-electron chi connectivity index (χ2n) is 7.25. The molecule has 6 heteroatoms. The van der Waals surface area contributed by atoms with Gasteiger partial charge in [0.15, 0.2) is 0 Å². The second kappa shape index (κ2) is 8.02. The van der Waals surface area contributed by atoms with Crippen molar-refractivity contribution in [3.8, 4) is 5.00 Å². The van der Waals surface area contributed by atoms with Gasteiger partial charge in [-0.05, 0) is 74.9 Å². The number of benzene rings is 1. The summed E-state index contributed by atoms with van der Waals surface area (Å²) in [6.45, 7) is 3.97. The van der Waals surface area contributed by atoms with Crippen LogP contribution in [0.15, 0.2) is 42.7 Å². The van der Waals surface area contributed by atoms with Crippen molar-refractivity contribution in [2.75, 3.05) is 5.32 Å². The van der Waals surface area contributed by atoms with E-state index in [0.717, 1.165) is 24.1 Å². The number of nitrogens with zero attached hydrogens (tertiary/aromatic N) is 1. The molecule has 0 spiro atoms. The average molecular weight is 414 g/mol. The Balaban J connectivity index is 1.59. The number of amides is 2. The van der Waals surface area contributed by atoms with Gasteiger partial charge < -0.3 is 15.2 Å². The molecule has 2 heterocycles. The second-order valence-corrected chi connectivity index (χ2v) is 8.74. The lowest BCUT2D eigenvalue weighted by molar-refractivity contribution is 0.249.